The zero-order valence-corrected chi connectivity index (χ0v) is 14.8. The van der Waals surface area contributed by atoms with Gasteiger partial charge in [-0.1, -0.05) is 5.16 Å². The van der Waals surface area contributed by atoms with E-state index in [1.807, 2.05) is 32.0 Å². The number of anilines is 1. The lowest BCUT2D eigenvalue weighted by atomic mass is 9.85. The van der Waals surface area contributed by atoms with Gasteiger partial charge >= 0.3 is 0 Å². The highest BCUT2D eigenvalue weighted by Gasteiger charge is 2.39. The zero-order chi connectivity index (χ0) is 17.2. The van der Waals surface area contributed by atoms with Crippen LogP contribution in [-0.4, -0.2) is 52.1 Å². The van der Waals surface area contributed by atoms with E-state index < -0.39 is 0 Å². The van der Waals surface area contributed by atoms with Crippen molar-refractivity contribution in [2.24, 2.45) is 5.92 Å². The molecule has 1 N–H and O–H groups in total. The lowest BCUT2D eigenvalue weighted by molar-refractivity contribution is -0.0750. The number of nitrogens with one attached hydrogen (secondary N) is 1. The number of piperidine rings is 1. The van der Waals surface area contributed by atoms with Crippen molar-refractivity contribution in [2.45, 2.75) is 45.4 Å². The third kappa shape index (κ3) is 3.82. The van der Waals surface area contributed by atoms with Crippen LogP contribution in [0.1, 0.15) is 30.0 Å². The molecule has 0 aliphatic carbocycles. The van der Waals surface area contributed by atoms with Crippen molar-refractivity contribution < 1.29 is 9.26 Å². The lowest BCUT2D eigenvalue weighted by Gasteiger charge is -2.46. The van der Waals surface area contributed by atoms with E-state index in [0.717, 1.165) is 55.6 Å². The number of hydrogen-bond acceptors (Lipinski definition) is 7. The molecule has 2 aliphatic rings. The van der Waals surface area contributed by atoms with Gasteiger partial charge in [-0.2, -0.15) is 5.10 Å². The van der Waals surface area contributed by atoms with Crippen molar-refractivity contribution >= 4 is 5.82 Å². The molecule has 7 heteroatoms. The van der Waals surface area contributed by atoms with E-state index in [9.17, 15) is 0 Å². The number of aromatic nitrogens is 3. The van der Waals surface area contributed by atoms with Crippen LogP contribution in [-0.2, 0) is 11.3 Å². The number of aryl methyl sites for hydroxylation is 2. The summed E-state index contributed by atoms with van der Waals surface area (Å²) in [7, 11) is 0. The summed E-state index contributed by atoms with van der Waals surface area (Å²) in [6.07, 6.45) is 2.57. The Bertz CT molecular complexity index is 702. The van der Waals surface area contributed by atoms with Crippen LogP contribution in [0.3, 0.4) is 0 Å². The third-order valence-corrected chi connectivity index (χ3v) is 5.03. The summed E-state index contributed by atoms with van der Waals surface area (Å²) in [6.45, 7) is 7.45. The molecule has 0 unspecified atom stereocenters. The van der Waals surface area contributed by atoms with E-state index in [2.05, 4.69) is 25.6 Å². The number of ether oxygens (including phenoxy) is 1. The van der Waals surface area contributed by atoms with Gasteiger partial charge in [0.25, 0.3) is 0 Å². The largest absolute Gasteiger partial charge is 0.376 e. The normalized spacial score (nSPS) is 27.0. The molecule has 0 saturated carbocycles. The molecule has 4 heterocycles. The fourth-order valence-electron chi connectivity index (χ4n) is 3.94. The van der Waals surface area contributed by atoms with Gasteiger partial charge in [0.15, 0.2) is 0 Å². The molecule has 2 aromatic heterocycles. The molecule has 2 saturated heterocycles. The summed E-state index contributed by atoms with van der Waals surface area (Å²) in [5.74, 6) is 2.20. The molecule has 0 amide bonds. The molecule has 2 aliphatic heterocycles. The van der Waals surface area contributed by atoms with E-state index in [1.165, 1.54) is 6.42 Å². The maximum Gasteiger partial charge on any atom is 0.149 e. The molecular weight excluding hydrogens is 318 g/mol. The average molecular weight is 343 g/mol. The van der Waals surface area contributed by atoms with Crippen LogP contribution >= 0.6 is 0 Å². The topological polar surface area (TPSA) is 76.3 Å². The average Bonchev–Trinajstić information content (AvgIpc) is 3.02. The first-order valence-corrected chi connectivity index (χ1v) is 9.00. The minimum absolute atomic E-state index is 0.198. The van der Waals surface area contributed by atoms with Gasteiger partial charge in [0.05, 0.1) is 23.5 Å². The maximum absolute atomic E-state index is 6.12. The van der Waals surface area contributed by atoms with E-state index >= 15 is 0 Å². The third-order valence-electron chi connectivity index (χ3n) is 5.03. The summed E-state index contributed by atoms with van der Waals surface area (Å²) in [4.78, 5) is 2.44. The summed E-state index contributed by atoms with van der Waals surface area (Å²) in [5, 5.41) is 16.1. The van der Waals surface area contributed by atoms with Crippen molar-refractivity contribution in [1.82, 2.24) is 20.3 Å². The highest BCUT2D eigenvalue weighted by molar-refractivity contribution is 5.35. The Labute approximate surface area is 147 Å². The zero-order valence-electron chi connectivity index (χ0n) is 14.8. The van der Waals surface area contributed by atoms with Crippen molar-refractivity contribution in [3.63, 3.8) is 0 Å². The predicted octanol–water partition coefficient (Wildman–Crippen LogP) is 2.17. The molecule has 0 bridgehead atoms. The van der Waals surface area contributed by atoms with Crippen LogP contribution < -0.4 is 5.32 Å². The minimum Gasteiger partial charge on any atom is -0.376 e. The molecule has 0 aromatic carbocycles. The summed E-state index contributed by atoms with van der Waals surface area (Å²) in [6, 6.07) is 6.18. The first kappa shape index (κ1) is 16.5. The number of hydrogen-bond donors (Lipinski definition) is 1. The van der Waals surface area contributed by atoms with Gasteiger partial charge in [-0.25, -0.2) is 0 Å². The summed E-state index contributed by atoms with van der Waals surface area (Å²) >= 11 is 0. The van der Waals surface area contributed by atoms with Crippen LogP contribution in [0.5, 0.6) is 0 Å². The van der Waals surface area contributed by atoms with Gasteiger partial charge in [0.1, 0.15) is 11.6 Å². The second-order valence-corrected chi connectivity index (χ2v) is 7.17. The highest BCUT2D eigenvalue weighted by atomic mass is 16.5. The fraction of sp³-hybridized carbons (Fsp3) is 0.611. The van der Waals surface area contributed by atoms with Gasteiger partial charge in [-0.05, 0) is 44.7 Å². The molecule has 2 aromatic rings. The van der Waals surface area contributed by atoms with Crippen LogP contribution in [0.2, 0.25) is 0 Å². The van der Waals surface area contributed by atoms with Crippen molar-refractivity contribution in [3.8, 4) is 0 Å². The van der Waals surface area contributed by atoms with Gasteiger partial charge in [-0.3, -0.25) is 4.90 Å². The maximum atomic E-state index is 6.12. The predicted molar refractivity (Wildman–Crippen MR) is 93.2 cm³/mol. The Morgan fingerprint density at radius 2 is 2.16 bits per heavy atom. The monoisotopic (exact) mass is 343 g/mol. The van der Waals surface area contributed by atoms with E-state index in [4.69, 9.17) is 9.26 Å². The quantitative estimate of drug-likeness (QED) is 0.911. The molecule has 7 nitrogen and oxygen atoms in total. The molecule has 0 spiro atoms. The Kier molecular flexibility index (Phi) is 4.67. The Morgan fingerprint density at radius 3 is 2.92 bits per heavy atom. The van der Waals surface area contributed by atoms with E-state index in [1.54, 1.807) is 0 Å². The Morgan fingerprint density at radius 1 is 1.24 bits per heavy atom. The van der Waals surface area contributed by atoms with Gasteiger partial charge in [0.2, 0.25) is 0 Å². The van der Waals surface area contributed by atoms with E-state index in [0.29, 0.717) is 5.92 Å². The van der Waals surface area contributed by atoms with Crippen molar-refractivity contribution in [1.29, 1.82) is 0 Å². The van der Waals surface area contributed by atoms with Gasteiger partial charge in [-0.15, -0.1) is 5.10 Å². The first-order chi connectivity index (χ1) is 12.2. The van der Waals surface area contributed by atoms with Gasteiger partial charge < -0.3 is 14.6 Å². The molecule has 4 rings (SSSR count). The van der Waals surface area contributed by atoms with Gasteiger partial charge in [0, 0.05) is 32.3 Å². The van der Waals surface area contributed by atoms with Crippen LogP contribution in [0.25, 0.3) is 0 Å². The van der Waals surface area contributed by atoms with Crippen LogP contribution in [0.4, 0.5) is 5.82 Å². The second-order valence-electron chi connectivity index (χ2n) is 7.17. The van der Waals surface area contributed by atoms with Crippen molar-refractivity contribution in [3.05, 3.63) is 35.3 Å². The smallest absolute Gasteiger partial charge is 0.149 e. The van der Waals surface area contributed by atoms with Crippen LogP contribution in [0.15, 0.2) is 22.7 Å². The molecule has 134 valence electrons. The number of rotatable bonds is 4. The molecular formula is C18H25N5O2. The Hall–Kier alpha value is -1.99. The van der Waals surface area contributed by atoms with Crippen molar-refractivity contribution in [2.75, 3.05) is 25.0 Å². The number of likely N-dealkylation sites (tertiary alicyclic amines) is 1. The lowest BCUT2D eigenvalue weighted by Crippen LogP contribution is -2.57. The molecule has 0 radical (unpaired) electrons. The summed E-state index contributed by atoms with van der Waals surface area (Å²) in [5.41, 5.74) is 1.91. The number of fused-ring (bicyclic) bond motifs is 1. The molecule has 2 fully saturated rings. The Balaban J connectivity index is 1.49. The first-order valence-electron chi connectivity index (χ1n) is 9.00. The number of nitrogens with zero attached hydrogens (tertiary/aromatic N) is 4. The highest BCUT2D eigenvalue weighted by Crippen LogP contribution is 2.30. The molecule has 25 heavy (non-hydrogen) atoms. The second kappa shape index (κ2) is 7.09. The van der Waals surface area contributed by atoms with E-state index in [-0.39, 0.29) is 12.1 Å². The molecule has 3 atom stereocenters. The van der Waals surface area contributed by atoms with Crippen LogP contribution in [0, 0.1) is 19.8 Å². The summed E-state index contributed by atoms with van der Waals surface area (Å²) < 4.78 is 11.3. The standard InChI is InChI=1S/C18H25N5O2/c1-12-5-6-17(21-20-12)19-16-11-23(10-15-8-13(2)25-22-15)9-14-4-3-7-24-18(14)16/h5-6,8,14,16,18H,3-4,7,9-11H2,1-2H3,(H,19,21)/t14-,16+,18-/m0/s1. The SMILES string of the molecule is Cc1ccc(N[C@@H]2CN(Cc3cc(C)on3)C[C@@H]3CCCO[C@@H]32)nn1. The minimum atomic E-state index is 0.198. The fourth-order valence-corrected chi connectivity index (χ4v) is 3.94.